The van der Waals surface area contributed by atoms with Crippen LogP contribution in [0.25, 0.3) is 10.9 Å². The fourth-order valence-corrected chi connectivity index (χ4v) is 5.22. The van der Waals surface area contributed by atoms with Crippen LogP contribution in [0.4, 0.5) is 5.69 Å². The molecule has 0 N–H and O–H groups in total. The highest BCUT2D eigenvalue weighted by Crippen LogP contribution is 2.53. The number of allylic oxidation sites excluding steroid dienone is 2. The highest BCUT2D eigenvalue weighted by Gasteiger charge is 2.59. The summed E-state index contributed by atoms with van der Waals surface area (Å²) in [6.07, 6.45) is 6.69. The highest BCUT2D eigenvalue weighted by atomic mass is 16.5. The Morgan fingerprint density at radius 3 is 2.29 bits per heavy atom. The summed E-state index contributed by atoms with van der Waals surface area (Å²) < 4.78 is 5.56. The molecule has 2 heterocycles. The van der Waals surface area contributed by atoms with Crippen LogP contribution in [0.3, 0.4) is 0 Å². The van der Waals surface area contributed by atoms with Crippen LogP contribution >= 0.6 is 0 Å². The van der Waals surface area contributed by atoms with Crippen LogP contribution in [0.2, 0.25) is 0 Å². The molecular formula is C25H18N2O4. The van der Waals surface area contributed by atoms with Crippen molar-refractivity contribution in [1.29, 1.82) is 0 Å². The summed E-state index contributed by atoms with van der Waals surface area (Å²) in [6, 6.07) is 15.5. The van der Waals surface area contributed by atoms with E-state index in [2.05, 4.69) is 17.1 Å². The largest absolute Gasteiger partial charge is 0.421 e. The zero-order valence-corrected chi connectivity index (χ0v) is 16.5. The summed E-state index contributed by atoms with van der Waals surface area (Å²) in [5, 5.41) is 0.878. The van der Waals surface area contributed by atoms with Crippen LogP contribution in [0.15, 0.2) is 72.9 Å². The second kappa shape index (κ2) is 6.60. The lowest BCUT2D eigenvalue weighted by Gasteiger charge is -2.17. The van der Waals surface area contributed by atoms with E-state index in [1.165, 1.54) is 4.90 Å². The summed E-state index contributed by atoms with van der Waals surface area (Å²) in [5.41, 5.74) is 1.43. The Morgan fingerprint density at radius 1 is 0.903 bits per heavy atom. The zero-order chi connectivity index (χ0) is 21.1. The Morgan fingerprint density at radius 2 is 1.58 bits per heavy atom. The van der Waals surface area contributed by atoms with Crippen LogP contribution in [0.1, 0.15) is 16.8 Å². The molecule has 2 aliphatic carbocycles. The average molecular weight is 410 g/mol. The molecule has 6 nitrogen and oxygen atoms in total. The number of pyridine rings is 1. The number of esters is 1. The number of imide groups is 1. The first kappa shape index (κ1) is 18.0. The van der Waals surface area contributed by atoms with E-state index in [1.807, 2.05) is 18.2 Å². The normalized spacial score (nSPS) is 26.0. The van der Waals surface area contributed by atoms with Gasteiger partial charge in [-0.25, -0.2) is 4.79 Å². The maximum Gasteiger partial charge on any atom is 0.343 e. The molecule has 2 amide bonds. The van der Waals surface area contributed by atoms with Crippen LogP contribution in [-0.2, 0) is 9.59 Å². The molecule has 6 heteroatoms. The number of benzene rings is 2. The Kier molecular flexibility index (Phi) is 3.84. The van der Waals surface area contributed by atoms with Crippen molar-refractivity contribution in [3.8, 4) is 5.75 Å². The standard InChI is InChI=1S/C25H18N2O4/c28-23-20-16-6-7-17(13-16)21(20)24(29)27(23)18-10-8-15(9-11-18)25(30)31-19-5-1-3-14-4-2-12-26-22(14)19/h1-12,16-17,20-21H,13H2. The first-order valence-electron chi connectivity index (χ1n) is 10.3. The number of hydrogen-bond donors (Lipinski definition) is 0. The van der Waals surface area contributed by atoms with Gasteiger partial charge in [-0.3, -0.25) is 19.5 Å². The van der Waals surface area contributed by atoms with Gasteiger partial charge in [-0.15, -0.1) is 0 Å². The second-order valence-corrected chi connectivity index (χ2v) is 8.28. The minimum atomic E-state index is -0.525. The average Bonchev–Trinajstić information content (AvgIpc) is 3.48. The first-order valence-corrected chi connectivity index (χ1v) is 10.3. The zero-order valence-electron chi connectivity index (χ0n) is 16.5. The molecular weight excluding hydrogens is 392 g/mol. The van der Waals surface area contributed by atoms with E-state index in [0.717, 1.165) is 11.8 Å². The lowest BCUT2D eigenvalue weighted by Crippen LogP contribution is -2.32. The van der Waals surface area contributed by atoms with E-state index in [-0.39, 0.29) is 35.5 Å². The number of para-hydroxylation sites is 1. The Hall–Kier alpha value is -3.80. The monoisotopic (exact) mass is 410 g/mol. The van der Waals surface area contributed by atoms with E-state index in [4.69, 9.17) is 4.74 Å². The molecule has 3 aliphatic rings. The Bertz CT molecular complexity index is 1240. The quantitative estimate of drug-likeness (QED) is 0.284. The molecule has 4 atom stereocenters. The van der Waals surface area contributed by atoms with Gasteiger partial charge in [0.2, 0.25) is 11.8 Å². The molecule has 1 saturated heterocycles. The first-order chi connectivity index (χ1) is 15.1. The summed E-state index contributed by atoms with van der Waals surface area (Å²) in [4.78, 5) is 44.1. The minimum absolute atomic E-state index is 0.135. The van der Waals surface area contributed by atoms with E-state index < -0.39 is 5.97 Å². The summed E-state index contributed by atoms with van der Waals surface area (Å²) in [6.45, 7) is 0. The molecule has 3 aromatic rings. The third-order valence-corrected chi connectivity index (χ3v) is 6.63. The summed E-state index contributed by atoms with van der Waals surface area (Å²) in [7, 11) is 0. The van der Waals surface area contributed by atoms with Crippen LogP contribution in [-0.4, -0.2) is 22.8 Å². The number of aromatic nitrogens is 1. The molecule has 0 radical (unpaired) electrons. The number of fused-ring (bicyclic) bond motifs is 6. The molecule has 2 fully saturated rings. The predicted molar refractivity (Wildman–Crippen MR) is 113 cm³/mol. The van der Waals surface area contributed by atoms with E-state index in [9.17, 15) is 14.4 Å². The van der Waals surface area contributed by atoms with Gasteiger partial charge in [-0.1, -0.05) is 30.4 Å². The van der Waals surface area contributed by atoms with Crippen LogP contribution in [0.5, 0.6) is 5.75 Å². The Balaban J connectivity index is 1.24. The van der Waals surface area contributed by atoms with Crippen molar-refractivity contribution in [2.24, 2.45) is 23.7 Å². The van der Waals surface area contributed by atoms with Crippen molar-refractivity contribution < 1.29 is 19.1 Å². The van der Waals surface area contributed by atoms with Crippen molar-refractivity contribution in [3.63, 3.8) is 0 Å². The molecule has 152 valence electrons. The number of ether oxygens (including phenoxy) is 1. The molecule has 2 aromatic carbocycles. The van der Waals surface area contributed by atoms with Crippen molar-refractivity contribution in [2.45, 2.75) is 6.42 Å². The number of anilines is 1. The molecule has 4 unspecified atom stereocenters. The lowest BCUT2D eigenvalue weighted by atomic mass is 9.85. The predicted octanol–water partition coefficient (Wildman–Crippen LogP) is 3.77. The maximum atomic E-state index is 12.9. The third kappa shape index (κ3) is 2.64. The van der Waals surface area contributed by atoms with Gasteiger partial charge < -0.3 is 4.74 Å². The van der Waals surface area contributed by atoms with Gasteiger partial charge in [0, 0.05) is 11.6 Å². The summed E-state index contributed by atoms with van der Waals surface area (Å²) in [5.74, 6) is -0.569. The van der Waals surface area contributed by atoms with Crippen molar-refractivity contribution >= 4 is 34.4 Å². The molecule has 0 spiro atoms. The number of nitrogens with zero attached hydrogens (tertiary/aromatic N) is 2. The highest BCUT2D eigenvalue weighted by molar-refractivity contribution is 6.22. The SMILES string of the molecule is O=C(Oc1cccc2cccnc12)c1ccc(N2C(=O)C3C4C=CC(C4)C3C2=O)cc1. The van der Waals surface area contributed by atoms with Gasteiger partial charge in [-0.05, 0) is 54.7 Å². The van der Waals surface area contributed by atoms with Gasteiger partial charge in [0.05, 0.1) is 23.1 Å². The van der Waals surface area contributed by atoms with Crippen molar-refractivity contribution in [1.82, 2.24) is 4.98 Å². The van der Waals surface area contributed by atoms with Crippen molar-refractivity contribution in [2.75, 3.05) is 4.90 Å². The molecule has 2 bridgehead atoms. The number of rotatable bonds is 3. The maximum absolute atomic E-state index is 12.9. The van der Waals surface area contributed by atoms with Crippen LogP contribution in [0, 0.1) is 23.7 Å². The lowest BCUT2D eigenvalue weighted by molar-refractivity contribution is -0.123. The number of amides is 2. The topological polar surface area (TPSA) is 76.6 Å². The molecule has 1 saturated carbocycles. The van der Waals surface area contributed by atoms with Gasteiger partial charge in [0.15, 0.2) is 5.75 Å². The van der Waals surface area contributed by atoms with Gasteiger partial charge in [0.25, 0.3) is 0 Å². The third-order valence-electron chi connectivity index (χ3n) is 6.63. The smallest absolute Gasteiger partial charge is 0.343 e. The van der Waals surface area contributed by atoms with E-state index >= 15 is 0 Å². The van der Waals surface area contributed by atoms with E-state index in [1.54, 1.807) is 42.6 Å². The van der Waals surface area contributed by atoms with Crippen molar-refractivity contribution in [3.05, 3.63) is 78.5 Å². The number of carbonyl (C=O) groups is 3. The second-order valence-electron chi connectivity index (χ2n) is 8.28. The van der Waals surface area contributed by atoms with Gasteiger partial charge in [-0.2, -0.15) is 0 Å². The van der Waals surface area contributed by atoms with Gasteiger partial charge in [0.1, 0.15) is 5.52 Å². The van der Waals surface area contributed by atoms with E-state index in [0.29, 0.717) is 22.5 Å². The number of carbonyl (C=O) groups excluding carboxylic acids is 3. The minimum Gasteiger partial charge on any atom is -0.421 e. The van der Waals surface area contributed by atoms with Gasteiger partial charge >= 0.3 is 5.97 Å². The van der Waals surface area contributed by atoms with Crippen LogP contribution < -0.4 is 9.64 Å². The fraction of sp³-hybridized carbons (Fsp3) is 0.200. The Labute approximate surface area is 178 Å². The number of hydrogen-bond acceptors (Lipinski definition) is 5. The summed E-state index contributed by atoms with van der Waals surface area (Å²) >= 11 is 0. The molecule has 1 aromatic heterocycles. The fourth-order valence-electron chi connectivity index (χ4n) is 5.22. The molecule has 1 aliphatic heterocycles. The molecule has 6 rings (SSSR count). The molecule has 31 heavy (non-hydrogen) atoms.